The van der Waals surface area contributed by atoms with E-state index in [1.54, 1.807) is 30.3 Å². The van der Waals surface area contributed by atoms with Gasteiger partial charge in [0, 0.05) is 15.1 Å². The van der Waals surface area contributed by atoms with E-state index in [-0.39, 0.29) is 15.9 Å². The fourth-order valence-corrected chi connectivity index (χ4v) is 2.73. The number of amides is 1. The molecule has 0 heterocycles. The van der Waals surface area contributed by atoms with Crippen LogP contribution in [0.4, 0.5) is 5.69 Å². The first kappa shape index (κ1) is 16.2. The standard InChI is InChI=1S/C14H9BrCl2N2OS/c15-7-1-3-10(13(18)21)12(5-7)19-14(20)9-4-2-8(16)6-11(9)17/h1-6H,(H2,18,21)(H,19,20). The smallest absolute Gasteiger partial charge is 0.257 e. The monoisotopic (exact) mass is 402 g/mol. The van der Waals surface area contributed by atoms with Gasteiger partial charge in [0.05, 0.1) is 16.3 Å². The van der Waals surface area contributed by atoms with Gasteiger partial charge in [0.15, 0.2) is 0 Å². The Labute approximate surface area is 145 Å². The Morgan fingerprint density at radius 2 is 1.81 bits per heavy atom. The highest BCUT2D eigenvalue weighted by molar-refractivity contribution is 9.10. The molecule has 0 aliphatic rings. The molecule has 0 aliphatic heterocycles. The topological polar surface area (TPSA) is 55.1 Å². The van der Waals surface area contributed by atoms with Crippen LogP contribution in [0.2, 0.25) is 10.0 Å². The predicted octanol–water partition coefficient (Wildman–Crippen LogP) is 4.64. The third kappa shape index (κ3) is 3.95. The SMILES string of the molecule is NC(=S)c1ccc(Br)cc1NC(=O)c1ccc(Cl)cc1Cl. The number of hydrogen-bond acceptors (Lipinski definition) is 2. The molecule has 3 N–H and O–H groups in total. The van der Waals surface area contributed by atoms with E-state index in [1.807, 2.05) is 0 Å². The lowest BCUT2D eigenvalue weighted by molar-refractivity contribution is 0.102. The number of carbonyl (C=O) groups excluding carboxylic acids is 1. The maximum absolute atomic E-state index is 12.3. The molecule has 0 bridgehead atoms. The lowest BCUT2D eigenvalue weighted by Crippen LogP contribution is -2.18. The van der Waals surface area contributed by atoms with Crippen LogP contribution >= 0.6 is 51.3 Å². The van der Waals surface area contributed by atoms with Crippen molar-refractivity contribution in [2.24, 2.45) is 5.73 Å². The highest BCUT2D eigenvalue weighted by Gasteiger charge is 2.14. The van der Waals surface area contributed by atoms with Gasteiger partial charge in [-0.15, -0.1) is 0 Å². The average molecular weight is 404 g/mol. The van der Waals surface area contributed by atoms with Crippen LogP contribution in [0.15, 0.2) is 40.9 Å². The number of benzene rings is 2. The van der Waals surface area contributed by atoms with Crippen molar-refractivity contribution in [3.8, 4) is 0 Å². The van der Waals surface area contributed by atoms with Crippen LogP contribution in [-0.2, 0) is 0 Å². The zero-order valence-corrected chi connectivity index (χ0v) is 14.4. The molecular weight excluding hydrogens is 395 g/mol. The van der Waals surface area contributed by atoms with Crippen LogP contribution in [0.3, 0.4) is 0 Å². The van der Waals surface area contributed by atoms with Gasteiger partial charge in [-0.05, 0) is 36.4 Å². The quantitative estimate of drug-likeness (QED) is 0.733. The van der Waals surface area contributed by atoms with Gasteiger partial charge in [-0.3, -0.25) is 4.79 Å². The number of nitrogens with two attached hydrogens (primary N) is 1. The summed E-state index contributed by atoms with van der Waals surface area (Å²) in [6, 6.07) is 9.89. The summed E-state index contributed by atoms with van der Waals surface area (Å²) in [6.45, 7) is 0. The van der Waals surface area contributed by atoms with E-state index in [0.717, 1.165) is 4.47 Å². The van der Waals surface area contributed by atoms with Gasteiger partial charge in [0.2, 0.25) is 0 Å². The van der Waals surface area contributed by atoms with Crippen molar-refractivity contribution in [1.29, 1.82) is 0 Å². The molecule has 1 amide bonds. The summed E-state index contributed by atoms with van der Waals surface area (Å²) in [5.74, 6) is -0.368. The van der Waals surface area contributed by atoms with E-state index in [2.05, 4.69) is 21.2 Å². The Balaban J connectivity index is 2.35. The summed E-state index contributed by atoms with van der Waals surface area (Å²) >= 11 is 20.1. The Kier molecular flexibility index (Phi) is 5.22. The number of hydrogen-bond donors (Lipinski definition) is 2. The van der Waals surface area contributed by atoms with Crippen LogP contribution in [0.5, 0.6) is 0 Å². The fourth-order valence-electron chi connectivity index (χ4n) is 1.70. The van der Waals surface area contributed by atoms with Crippen molar-refractivity contribution < 1.29 is 4.79 Å². The summed E-state index contributed by atoms with van der Waals surface area (Å²) in [5.41, 5.74) is 7.05. The molecule has 0 saturated carbocycles. The molecule has 2 aromatic rings. The molecule has 7 heteroatoms. The summed E-state index contributed by atoms with van der Waals surface area (Å²) in [6.07, 6.45) is 0. The highest BCUT2D eigenvalue weighted by Crippen LogP contribution is 2.25. The summed E-state index contributed by atoms with van der Waals surface area (Å²) in [5, 5.41) is 3.48. The second-order valence-electron chi connectivity index (χ2n) is 4.13. The first-order valence-corrected chi connectivity index (χ1v) is 7.70. The summed E-state index contributed by atoms with van der Waals surface area (Å²) in [7, 11) is 0. The van der Waals surface area contributed by atoms with Crippen LogP contribution < -0.4 is 11.1 Å². The Bertz CT molecular complexity index is 737. The number of thiocarbonyl (C=S) groups is 1. The minimum atomic E-state index is -0.368. The Morgan fingerprint density at radius 1 is 1.14 bits per heavy atom. The number of anilines is 1. The lowest BCUT2D eigenvalue weighted by Gasteiger charge is -2.11. The summed E-state index contributed by atoms with van der Waals surface area (Å²) < 4.78 is 0.792. The van der Waals surface area contributed by atoms with Gasteiger partial charge < -0.3 is 11.1 Å². The molecule has 0 spiro atoms. The van der Waals surface area contributed by atoms with Crippen molar-refractivity contribution in [3.05, 3.63) is 62.0 Å². The largest absolute Gasteiger partial charge is 0.389 e. The molecule has 108 valence electrons. The van der Waals surface area contributed by atoms with Crippen molar-refractivity contribution >= 4 is 67.9 Å². The lowest BCUT2D eigenvalue weighted by atomic mass is 10.1. The second-order valence-corrected chi connectivity index (χ2v) is 6.33. The molecule has 2 aromatic carbocycles. The molecular formula is C14H9BrCl2N2OS. The van der Waals surface area contributed by atoms with Gasteiger partial charge in [0.25, 0.3) is 5.91 Å². The minimum Gasteiger partial charge on any atom is -0.389 e. The molecule has 2 rings (SSSR count). The maximum atomic E-state index is 12.3. The van der Waals surface area contributed by atoms with E-state index >= 15 is 0 Å². The third-order valence-corrected chi connectivity index (χ3v) is 3.93. The zero-order valence-electron chi connectivity index (χ0n) is 10.5. The van der Waals surface area contributed by atoms with Gasteiger partial charge in [-0.1, -0.05) is 51.3 Å². The zero-order chi connectivity index (χ0) is 15.6. The molecule has 0 fully saturated rings. The van der Waals surface area contributed by atoms with Crippen molar-refractivity contribution in [3.63, 3.8) is 0 Å². The molecule has 0 saturated heterocycles. The number of carbonyl (C=O) groups is 1. The molecule has 0 aliphatic carbocycles. The Morgan fingerprint density at radius 3 is 2.43 bits per heavy atom. The minimum absolute atomic E-state index is 0.194. The van der Waals surface area contributed by atoms with Crippen LogP contribution in [0.1, 0.15) is 15.9 Å². The molecule has 0 unspecified atom stereocenters. The van der Waals surface area contributed by atoms with E-state index in [4.69, 9.17) is 41.2 Å². The first-order chi connectivity index (χ1) is 9.88. The van der Waals surface area contributed by atoms with E-state index < -0.39 is 0 Å². The van der Waals surface area contributed by atoms with E-state index in [1.165, 1.54) is 6.07 Å². The van der Waals surface area contributed by atoms with Crippen LogP contribution in [-0.4, -0.2) is 10.9 Å². The van der Waals surface area contributed by atoms with Crippen molar-refractivity contribution in [2.75, 3.05) is 5.32 Å². The number of nitrogens with one attached hydrogen (secondary N) is 1. The molecule has 0 radical (unpaired) electrons. The van der Waals surface area contributed by atoms with Gasteiger partial charge >= 0.3 is 0 Å². The highest BCUT2D eigenvalue weighted by atomic mass is 79.9. The van der Waals surface area contributed by atoms with Gasteiger partial charge in [0.1, 0.15) is 4.99 Å². The van der Waals surface area contributed by atoms with Crippen LogP contribution in [0, 0.1) is 0 Å². The fraction of sp³-hybridized carbons (Fsp3) is 0. The third-order valence-electron chi connectivity index (χ3n) is 2.67. The molecule has 0 aromatic heterocycles. The maximum Gasteiger partial charge on any atom is 0.257 e. The summed E-state index contributed by atoms with van der Waals surface area (Å²) in [4.78, 5) is 12.5. The van der Waals surface area contributed by atoms with Crippen molar-refractivity contribution in [2.45, 2.75) is 0 Å². The van der Waals surface area contributed by atoms with Gasteiger partial charge in [-0.25, -0.2) is 0 Å². The number of halogens is 3. The first-order valence-electron chi connectivity index (χ1n) is 5.74. The molecule has 3 nitrogen and oxygen atoms in total. The van der Waals surface area contributed by atoms with Crippen LogP contribution in [0.25, 0.3) is 0 Å². The van der Waals surface area contributed by atoms with E-state index in [0.29, 0.717) is 21.8 Å². The Hall–Kier alpha value is -1.14. The van der Waals surface area contributed by atoms with Gasteiger partial charge in [-0.2, -0.15) is 0 Å². The molecule has 21 heavy (non-hydrogen) atoms. The number of rotatable bonds is 3. The normalized spacial score (nSPS) is 10.2. The van der Waals surface area contributed by atoms with Crippen molar-refractivity contribution in [1.82, 2.24) is 0 Å². The second kappa shape index (κ2) is 6.75. The average Bonchev–Trinajstić information content (AvgIpc) is 2.37. The van der Waals surface area contributed by atoms with E-state index in [9.17, 15) is 4.79 Å². The predicted molar refractivity (Wildman–Crippen MR) is 94.4 cm³/mol. The molecule has 0 atom stereocenters.